The molecule has 15 heavy (non-hydrogen) atoms. The minimum Gasteiger partial charge on any atom is -0.334 e. The third-order valence-corrected chi connectivity index (χ3v) is 2.35. The third kappa shape index (κ3) is 1.92. The molecule has 0 spiro atoms. The van der Waals surface area contributed by atoms with Crippen molar-refractivity contribution >= 4 is 11.0 Å². The Kier molecular flexibility index (Phi) is 2.56. The van der Waals surface area contributed by atoms with Gasteiger partial charge in [-0.25, -0.2) is 4.98 Å². The smallest absolute Gasteiger partial charge is 0.0955 e. The minimum absolute atomic E-state index is 0.495. The van der Waals surface area contributed by atoms with Gasteiger partial charge in [-0.1, -0.05) is 11.2 Å². The fourth-order valence-corrected chi connectivity index (χ4v) is 1.56. The van der Waals surface area contributed by atoms with Crippen LogP contribution in [0.3, 0.4) is 0 Å². The fraction of sp³-hybridized carbons (Fsp3) is 0.300. The van der Waals surface area contributed by atoms with Crippen molar-refractivity contribution in [2.24, 2.45) is 12.2 Å². The Morgan fingerprint density at radius 1 is 1.53 bits per heavy atom. The molecule has 76 valence electrons. The summed E-state index contributed by atoms with van der Waals surface area (Å²) in [6.45, 7) is 0.495. The first kappa shape index (κ1) is 9.55. The van der Waals surface area contributed by atoms with Gasteiger partial charge in [-0.15, -0.1) is 0 Å². The van der Waals surface area contributed by atoms with Crippen LogP contribution < -0.4 is 0 Å². The SMILES string of the molecule is Cn1cnc2cc(CCN=[N+]=[N-])ccc21. The summed E-state index contributed by atoms with van der Waals surface area (Å²) in [6.07, 6.45) is 2.55. The van der Waals surface area contributed by atoms with E-state index >= 15 is 0 Å². The van der Waals surface area contributed by atoms with Crippen molar-refractivity contribution in [2.75, 3.05) is 6.54 Å². The zero-order chi connectivity index (χ0) is 10.7. The van der Waals surface area contributed by atoms with Gasteiger partial charge in [-0.2, -0.15) is 0 Å². The molecule has 0 amide bonds. The average molecular weight is 201 g/mol. The highest BCUT2D eigenvalue weighted by Crippen LogP contribution is 2.14. The number of benzene rings is 1. The Balaban J connectivity index is 2.27. The van der Waals surface area contributed by atoms with Crippen LogP contribution in [0, 0.1) is 0 Å². The van der Waals surface area contributed by atoms with Crippen molar-refractivity contribution in [3.63, 3.8) is 0 Å². The third-order valence-electron chi connectivity index (χ3n) is 2.35. The van der Waals surface area contributed by atoms with E-state index in [4.69, 9.17) is 5.53 Å². The van der Waals surface area contributed by atoms with E-state index in [0.29, 0.717) is 6.54 Å². The standard InChI is InChI=1S/C10H11N5/c1-15-7-12-9-6-8(2-3-10(9)15)4-5-13-14-11/h2-3,6-7H,4-5H2,1H3. The van der Waals surface area contributed by atoms with Crippen LogP contribution in [0.5, 0.6) is 0 Å². The number of aromatic nitrogens is 2. The normalized spacial score (nSPS) is 10.2. The maximum absolute atomic E-state index is 8.16. The second kappa shape index (κ2) is 4.02. The predicted octanol–water partition coefficient (Wildman–Crippen LogP) is 2.43. The Hall–Kier alpha value is -2.00. The number of fused-ring (bicyclic) bond motifs is 1. The van der Waals surface area contributed by atoms with E-state index in [0.717, 1.165) is 23.0 Å². The summed E-state index contributed by atoms with van der Waals surface area (Å²) in [6, 6.07) is 6.10. The highest BCUT2D eigenvalue weighted by Gasteiger charge is 2.00. The van der Waals surface area contributed by atoms with Gasteiger partial charge in [0.15, 0.2) is 0 Å². The number of imidazole rings is 1. The molecule has 0 atom stereocenters. The van der Waals surface area contributed by atoms with Gasteiger partial charge in [0, 0.05) is 18.5 Å². The molecular formula is C10H11N5. The van der Waals surface area contributed by atoms with Crippen LogP contribution in [0.2, 0.25) is 0 Å². The molecule has 0 fully saturated rings. The monoisotopic (exact) mass is 201 g/mol. The highest BCUT2D eigenvalue weighted by molar-refractivity contribution is 5.75. The molecule has 0 aliphatic carbocycles. The lowest BCUT2D eigenvalue weighted by atomic mass is 10.1. The number of nitrogens with zero attached hydrogens (tertiary/aromatic N) is 5. The van der Waals surface area contributed by atoms with Crippen LogP contribution >= 0.6 is 0 Å². The van der Waals surface area contributed by atoms with E-state index in [2.05, 4.69) is 15.0 Å². The Bertz CT molecular complexity index is 522. The number of aryl methyl sites for hydroxylation is 1. The van der Waals surface area contributed by atoms with Crippen LogP contribution in [0.25, 0.3) is 21.5 Å². The number of hydrogen-bond acceptors (Lipinski definition) is 2. The van der Waals surface area contributed by atoms with Crippen LogP contribution in [0.1, 0.15) is 5.56 Å². The molecule has 0 saturated heterocycles. The first-order valence-corrected chi connectivity index (χ1v) is 4.72. The molecule has 0 bridgehead atoms. The van der Waals surface area contributed by atoms with Gasteiger partial charge in [-0.05, 0) is 29.6 Å². The molecule has 0 unspecified atom stereocenters. The zero-order valence-corrected chi connectivity index (χ0v) is 8.46. The minimum atomic E-state index is 0.495. The number of rotatable bonds is 3. The molecule has 1 aromatic heterocycles. The lowest BCUT2D eigenvalue weighted by Gasteiger charge is -1.98. The first-order valence-electron chi connectivity index (χ1n) is 4.72. The maximum atomic E-state index is 8.16. The summed E-state index contributed by atoms with van der Waals surface area (Å²) in [7, 11) is 1.97. The largest absolute Gasteiger partial charge is 0.334 e. The maximum Gasteiger partial charge on any atom is 0.0955 e. The van der Waals surface area contributed by atoms with E-state index in [-0.39, 0.29) is 0 Å². The first-order chi connectivity index (χ1) is 7.31. The van der Waals surface area contributed by atoms with E-state index in [1.54, 1.807) is 6.33 Å². The lowest BCUT2D eigenvalue weighted by molar-refractivity contribution is 0.945. The van der Waals surface area contributed by atoms with Crippen LogP contribution in [0.4, 0.5) is 0 Å². The lowest BCUT2D eigenvalue weighted by Crippen LogP contribution is -1.89. The molecule has 1 heterocycles. The van der Waals surface area contributed by atoms with Crippen LogP contribution in [0.15, 0.2) is 29.6 Å². The summed E-state index contributed by atoms with van der Waals surface area (Å²) in [4.78, 5) is 6.99. The topological polar surface area (TPSA) is 66.6 Å². The second-order valence-electron chi connectivity index (χ2n) is 3.38. The predicted molar refractivity (Wildman–Crippen MR) is 58.4 cm³/mol. The van der Waals surface area contributed by atoms with Crippen LogP contribution in [-0.2, 0) is 13.5 Å². The van der Waals surface area contributed by atoms with Gasteiger partial charge in [0.2, 0.25) is 0 Å². The van der Waals surface area contributed by atoms with Gasteiger partial charge in [0.1, 0.15) is 0 Å². The van der Waals surface area contributed by atoms with E-state index in [1.165, 1.54) is 0 Å². The van der Waals surface area contributed by atoms with Crippen LogP contribution in [-0.4, -0.2) is 16.1 Å². The zero-order valence-electron chi connectivity index (χ0n) is 8.46. The number of hydrogen-bond donors (Lipinski definition) is 0. The van der Waals surface area contributed by atoms with E-state index in [9.17, 15) is 0 Å². The Labute approximate surface area is 87.0 Å². The van der Waals surface area contributed by atoms with Gasteiger partial charge < -0.3 is 4.57 Å². The van der Waals surface area contributed by atoms with Gasteiger partial charge in [0.05, 0.1) is 17.4 Å². The molecule has 5 nitrogen and oxygen atoms in total. The van der Waals surface area contributed by atoms with Crippen molar-refractivity contribution in [3.8, 4) is 0 Å². The summed E-state index contributed by atoms with van der Waals surface area (Å²) in [5, 5.41) is 3.51. The van der Waals surface area contributed by atoms with Crippen molar-refractivity contribution in [3.05, 3.63) is 40.5 Å². The second-order valence-corrected chi connectivity index (χ2v) is 3.38. The molecule has 5 heteroatoms. The average Bonchev–Trinajstić information content (AvgIpc) is 2.61. The highest BCUT2D eigenvalue weighted by atomic mass is 15.1. The molecule has 0 aliphatic rings. The Morgan fingerprint density at radius 3 is 3.20 bits per heavy atom. The molecule has 0 saturated carbocycles. The molecule has 2 aromatic rings. The Morgan fingerprint density at radius 2 is 2.40 bits per heavy atom. The summed E-state index contributed by atoms with van der Waals surface area (Å²) in [5.74, 6) is 0. The van der Waals surface area contributed by atoms with Crippen molar-refractivity contribution in [1.29, 1.82) is 0 Å². The number of azide groups is 1. The molecule has 0 radical (unpaired) electrons. The van der Waals surface area contributed by atoms with Gasteiger partial charge in [0.25, 0.3) is 0 Å². The summed E-state index contributed by atoms with van der Waals surface area (Å²) >= 11 is 0. The van der Waals surface area contributed by atoms with E-state index in [1.807, 2.05) is 29.8 Å². The van der Waals surface area contributed by atoms with Crippen molar-refractivity contribution < 1.29 is 0 Å². The quantitative estimate of drug-likeness (QED) is 0.427. The van der Waals surface area contributed by atoms with Crippen molar-refractivity contribution in [2.45, 2.75) is 6.42 Å². The summed E-state index contributed by atoms with van der Waals surface area (Å²) in [5.41, 5.74) is 11.4. The molecular weight excluding hydrogens is 190 g/mol. The fourth-order valence-electron chi connectivity index (χ4n) is 1.56. The molecule has 0 aliphatic heterocycles. The molecule has 0 N–H and O–H groups in total. The van der Waals surface area contributed by atoms with Crippen molar-refractivity contribution in [1.82, 2.24) is 9.55 Å². The summed E-state index contributed by atoms with van der Waals surface area (Å²) < 4.78 is 1.98. The van der Waals surface area contributed by atoms with Gasteiger partial charge >= 0.3 is 0 Å². The van der Waals surface area contributed by atoms with Gasteiger partial charge in [-0.3, -0.25) is 0 Å². The molecule has 1 aromatic carbocycles. The van der Waals surface area contributed by atoms with E-state index < -0.39 is 0 Å². The molecule has 2 rings (SSSR count).